The van der Waals surface area contributed by atoms with E-state index >= 15 is 0 Å². The molecule has 1 aliphatic rings. The second kappa shape index (κ2) is 5.46. The SMILES string of the molecule is CCc1ccc(CC2CNCCC2O)cc1. The number of rotatable bonds is 3. The number of hydrogen-bond acceptors (Lipinski definition) is 2. The van der Waals surface area contributed by atoms with Gasteiger partial charge in [0.15, 0.2) is 0 Å². The van der Waals surface area contributed by atoms with Crippen LogP contribution in [0.5, 0.6) is 0 Å². The Balaban J connectivity index is 1.96. The van der Waals surface area contributed by atoms with Gasteiger partial charge in [0.05, 0.1) is 6.10 Å². The van der Waals surface area contributed by atoms with Gasteiger partial charge in [-0.15, -0.1) is 0 Å². The number of aliphatic hydroxyl groups excluding tert-OH is 1. The molecular formula is C14H21NO. The number of hydrogen-bond donors (Lipinski definition) is 2. The van der Waals surface area contributed by atoms with Crippen LogP contribution in [0.15, 0.2) is 24.3 Å². The Labute approximate surface area is 97.7 Å². The van der Waals surface area contributed by atoms with E-state index in [9.17, 15) is 5.11 Å². The van der Waals surface area contributed by atoms with E-state index in [1.165, 1.54) is 11.1 Å². The maximum Gasteiger partial charge on any atom is 0.0595 e. The molecule has 2 heteroatoms. The van der Waals surface area contributed by atoms with Gasteiger partial charge in [0.2, 0.25) is 0 Å². The molecule has 2 nitrogen and oxygen atoms in total. The van der Waals surface area contributed by atoms with Crippen LogP contribution in [-0.2, 0) is 12.8 Å². The van der Waals surface area contributed by atoms with Gasteiger partial charge in [0.25, 0.3) is 0 Å². The average Bonchev–Trinajstić information content (AvgIpc) is 2.33. The lowest BCUT2D eigenvalue weighted by Gasteiger charge is -2.28. The normalized spacial score (nSPS) is 25.6. The fraction of sp³-hybridized carbons (Fsp3) is 0.571. The Hall–Kier alpha value is -0.860. The smallest absolute Gasteiger partial charge is 0.0595 e. The molecule has 0 spiro atoms. The van der Waals surface area contributed by atoms with E-state index in [-0.39, 0.29) is 6.10 Å². The molecule has 2 atom stereocenters. The third kappa shape index (κ3) is 2.83. The van der Waals surface area contributed by atoms with Crippen molar-refractivity contribution in [3.05, 3.63) is 35.4 Å². The molecule has 0 amide bonds. The lowest BCUT2D eigenvalue weighted by Crippen LogP contribution is -2.40. The van der Waals surface area contributed by atoms with Gasteiger partial charge >= 0.3 is 0 Å². The summed E-state index contributed by atoms with van der Waals surface area (Å²) in [6.45, 7) is 4.06. The van der Waals surface area contributed by atoms with Crippen molar-refractivity contribution in [2.24, 2.45) is 5.92 Å². The fourth-order valence-corrected chi connectivity index (χ4v) is 2.33. The molecule has 2 rings (SSSR count). The number of aryl methyl sites for hydroxylation is 1. The van der Waals surface area contributed by atoms with E-state index in [0.29, 0.717) is 5.92 Å². The molecule has 0 aromatic heterocycles. The number of nitrogens with one attached hydrogen (secondary N) is 1. The van der Waals surface area contributed by atoms with E-state index in [0.717, 1.165) is 32.4 Å². The second-order valence-corrected chi connectivity index (χ2v) is 4.69. The minimum Gasteiger partial charge on any atom is -0.393 e. The topological polar surface area (TPSA) is 32.3 Å². The minimum absolute atomic E-state index is 0.132. The van der Waals surface area contributed by atoms with E-state index in [2.05, 4.69) is 36.5 Å². The van der Waals surface area contributed by atoms with Crippen LogP contribution in [0.3, 0.4) is 0 Å². The van der Waals surface area contributed by atoms with Crippen LogP contribution in [0, 0.1) is 5.92 Å². The van der Waals surface area contributed by atoms with Crippen molar-refractivity contribution < 1.29 is 5.11 Å². The van der Waals surface area contributed by atoms with Gasteiger partial charge in [-0.05, 0) is 36.9 Å². The van der Waals surface area contributed by atoms with Crippen LogP contribution in [0.2, 0.25) is 0 Å². The molecule has 1 aliphatic heterocycles. The highest BCUT2D eigenvalue weighted by Crippen LogP contribution is 2.17. The molecule has 16 heavy (non-hydrogen) atoms. The van der Waals surface area contributed by atoms with Gasteiger partial charge in [-0.1, -0.05) is 31.2 Å². The maximum atomic E-state index is 9.89. The lowest BCUT2D eigenvalue weighted by atomic mass is 9.89. The molecule has 0 bridgehead atoms. The first kappa shape index (κ1) is 11.6. The fourth-order valence-electron chi connectivity index (χ4n) is 2.33. The largest absolute Gasteiger partial charge is 0.393 e. The molecule has 1 fully saturated rings. The predicted octanol–water partition coefficient (Wildman–Crippen LogP) is 1.76. The van der Waals surface area contributed by atoms with Gasteiger partial charge in [0, 0.05) is 12.5 Å². The molecule has 1 aromatic carbocycles. The van der Waals surface area contributed by atoms with Crippen LogP contribution < -0.4 is 5.32 Å². The first-order valence-corrected chi connectivity index (χ1v) is 6.26. The second-order valence-electron chi connectivity index (χ2n) is 4.69. The summed E-state index contributed by atoms with van der Waals surface area (Å²) in [5, 5.41) is 13.2. The maximum absolute atomic E-state index is 9.89. The van der Waals surface area contributed by atoms with Crippen LogP contribution >= 0.6 is 0 Å². The highest BCUT2D eigenvalue weighted by molar-refractivity contribution is 5.23. The minimum atomic E-state index is -0.132. The van der Waals surface area contributed by atoms with Gasteiger partial charge in [-0.25, -0.2) is 0 Å². The summed E-state index contributed by atoms with van der Waals surface area (Å²) in [7, 11) is 0. The Morgan fingerprint density at radius 2 is 1.94 bits per heavy atom. The van der Waals surface area contributed by atoms with E-state index in [1.807, 2.05) is 0 Å². The highest BCUT2D eigenvalue weighted by atomic mass is 16.3. The van der Waals surface area contributed by atoms with Crippen molar-refractivity contribution in [2.75, 3.05) is 13.1 Å². The molecule has 1 heterocycles. The first-order chi connectivity index (χ1) is 7.79. The van der Waals surface area contributed by atoms with Crippen molar-refractivity contribution in [1.29, 1.82) is 0 Å². The molecule has 88 valence electrons. The standard InChI is InChI=1S/C14H21NO/c1-2-11-3-5-12(6-4-11)9-13-10-15-8-7-14(13)16/h3-6,13-16H,2,7-10H2,1H3. The summed E-state index contributed by atoms with van der Waals surface area (Å²) in [5.41, 5.74) is 2.72. The molecule has 0 aliphatic carbocycles. The summed E-state index contributed by atoms with van der Waals surface area (Å²) in [6.07, 6.45) is 2.83. The van der Waals surface area contributed by atoms with Crippen LogP contribution in [0.4, 0.5) is 0 Å². The van der Waals surface area contributed by atoms with Gasteiger partial charge in [0.1, 0.15) is 0 Å². The molecule has 2 unspecified atom stereocenters. The van der Waals surface area contributed by atoms with Crippen LogP contribution in [-0.4, -0.2) is 24.3 Å². The Bertz CT molecular complexity index is 320. The predicted molar refractivity (Wildman–Crippen MR) is 66.5 cm³/mol. The van der Waals surface area contributed by atoms with E-state index < -0.39 is 0 Å². The molecule has 1 aromatic rings. The van der Waals surface area contributed by atoms with Crippen LogP contribution in [0.25, 0.3) is 0 Å². The van der Waals surface area contributed by atoms with Gasteiger partial charge in [-0.3, -0.25) is 0 Å². The number of aliphatic hydroxyl groups is 1. The van der Waals surface area contributed by atoms with Crippen molar-refractivity contribution in [3.8, 4) is 0 Å². The summed E-state index contributed by atoms with van der Waals surface area (Å²) in [6, 6.07) is 8.77. The number of piperidine rings is 1. The van der Waals surface area contributed by atoms with E-state index in [4.69, 9.17) is 0 Å². The van der Waals surface area contributed by atoms with E-state index in [1.54, 1.807) is 0 Å². The van der Waals surface area contributed by atoms with Crippen LogP contribution in [0.1, 0.15) is 24.5 Å². The Morgan fingerprint density at radius 3 is 2.56 bits per heavy atom. The summed E-state index contributed by atoms with van der Waals surface area (Å²) >= 11 is 0. The quantitative estimate of drug-likeness (QED) is 0.812. The molecule has 0 radical (unpaired) electrons. The van der Waals surface area contributed by atoms with Crippen molar-refractivity contribution in [1.82, 2.24) is 5.32 Å². The highest BCUT2D eigenvalue weighted by Gasteiger charge is 2.22. The zero-order chi connectivity index (χ0) is 11.4. The first-order valence-electron chi connectivity index (χ1n) is 6.26. The summed E-state index contributed by atoms with van der Waals surface area (Å²) in [4.78, 5) is 0. The third-order valence-corrected chi connectivity index (χ3v) is 3.50. The third-order valence-electron chi connectivity index (χ3n) is 3.50. The zero-order valence-corrected chi connectivity index (χ0v) is 9.95. The molecule has 2 N–H and O–H groups in total. The lowest BCUT2D eigenvalue weighted by molar-refractivity contribution is 0.0791. The van der Waals surface area contributed by atoms with Crippen molar-refractivity contribution >= 4 is 0 Å². The summed E-state index contributed by atoms with van der Waals surface area (Å²) in [5.74, 6) is 0.376. The van der Waals surface area contributed by atoms with Gasteiger partial charge < -0.3 is 10.4 Å². The zero-order valence-electron chi connectivity index (χ0n) is 9.95. The summed E-state index contributed by atoms with van der Waals surface area (Å²) < 4.78 is 0. The molecular weight excluding hydrogens is 198 g/mol. The average molecular weight is 219 g/mol. The Morgan fingerprint density at radius 1 is 1.25 bits per heavy atom. The monoisotopic (exact) mass is 219 g/mol. The molecule has 0 saturated carbocycles. The molecule has 1 saturated heterocycles. The van der Waals surface area contributed by atoms with Crippen molar-refractivity contribution in [3.63, 3.8) is 0 Å². The number of benzene rings is 1. The van der Waals surface area contributed by atoms with Gasteiger partial charge in [-0.2, -0.15) is 0 Å². The Kier molecular flexibility index (Phi) is 3.97. The van der Waals surface area contributed by atoms with Crippen molar-refractivity contribution in [2.45, 2.75) is 32.3 Å².